The van der Waals surface area contributed by atoms with Crippen LogP contribution in [-0.2, 0) is 0 Å². The number of amides is 1. The Bertz CT molecular complexity index is 1480. The van der Waals surface area contributed by atoms with E-state index in [-0.39, 0.29) is 17.4 Å². The first kappa shape index (κ1) is 22.9. The Balaban J connectivity index is 1.22. The molecule has 0 saturated carbocycles. The van der Waals surface area contributed by atoms with Gasteiger partial charge in [-0.1, -0.05) is 6.07 Å². The van der Waals surface area contributed by atoms with Crippen LogP contribution in [0.2, 0.25) is 0 Å². The molecule has 6 nitrogen and oxygen atoms in total. The standard InChI is InChI=1S/C25H18F2N4O2S2/c1-14-2-11-19-21(12-14)35-23(30-19)15-3-5-16(6-4-15)28-22(32)20-13-34-25(31-20)29-17-7-9-18(10-8-17)33-24(26)27/h2-13,24H,1H3,(H,28,32)(H,29,31). The lowest BCUT2D eigenvalue weighted by Crippen LogP contribution is -2.12. The van der Waals surface area contributed by atoms with Gasteiger partial charge < -0.3 is 15.4 Å². The maximum Gasteiger partial charge on any atom is 0.387 e. The summed E-state index contributed by atoms with van der Waals surface area (Å²) in [6, 6.07) is 19.7. The predicted octanol–water partition coefficient (Wildman–Crippen LogP) is 7.33. The lowest BCUT2D eigenvalue weighted by atomic mass is 10.2. The third kappa shape index (κ3) is 5.44. The first-order valence-corrected chi connectivity index (χ1v) is 12.2. The normalized spacial score (nSPS) is 11.1. The maximum atomic E-state index is 12.6. The number of rotatable bonds is 7. The zero-order chi connectivity index (χ0) is 24.4. The van der Waals surface area contributed by atoms with E-state index in [4.69, 9.17) is 4.98 Å². The lowest BCUT2D eigenvalue weighted by Gasteiger charge is -2.06. The number of nitrogens with one attached hydrogen (secondary N) is 2. The fourth-order valence-corrected chi connectivity index (χ4v) is 5.11. The van der Waals surface area contributed by atoms with E-state index in [0.717, 1.165) is 20.8 Å². The van der Waals surface area contributed by atoms with Gasteiger partial charge >= 0.3 is 6.61 Å². The van der Waals surface area contributed by atoms with Crippen molar-refractivity contribution in [1.29, 1.82) is 0 Å². The highest BCUT2D eigenvalue weighted by atomic mass is 32.1. The highest BCUT2D eigenvalue weighted by Crippen LogP contribution is 2.31. The van der Waals surface area contributed by atoms with Gasteiger partial charge in [0.05, 0.1) is 10.2 Å². The number of benzene rings is 3. The minimum absolute atomic E-state index is 0.0639. The second-order valence-corrected chi connectivity index (χ2v) is 9.48. The first-order valence-electron chi connectivity index (χ1n) is 10.5. The second kappa shape index (κ2) is 9.77. The number of aryl methyl sites for hydroxylation is 1. The number of halogens is 2. The van der Waals surface area contributed by atoms with Crippen LogP contribution in [0, 0.1) is 6.92 Å². The van der Waals surface area contributed by atoms with Gasteiger partial charge in [0.15, 0.2) is 5.13 Å². The number of alkyl halides is 2. The summed E-state index contributed by atoms with van der Waals surface area (Å²) in [6.45, 7) is -0.814. The van der Waals surface area contributed by atoms with Gasteiger partial charge in [0.25, 0.3) is 5.91 Å². The molecule has 10 heteroatoms. The molecule has 5 rings (SSSR count). The first-order chi connectivity index (χ1) is 16.9. The molecule has 176 valence electrons. The molecule has 0 aliphatic rings. The Kier molecular flexibility index (Phi) is 6.39. The Morgan fingerprint density at radius 3 is 2.46 bits per heavy atom. The van der Waals surface area contributed by atoms with Crippen molar-refractivity contribution in [2.24, 2.45) is 0 Å². The van der Waals surface area contributed by atoms with E-state index in [1.165, 1.54) is 29.0 Å². The molecule has 0 fully saturated rings. The summed E-state index contributed by atoms with van der Waals surface area (Å²) in [5.41, 5.74) is 4.69. The minimum atomic E-state index is -2.87. The van der Waals surface area contributed by atoms with Gasteiger partial charge in [-0.25, -0.2) is 9.97 Å². The van der Waals surface area contributed by atoms with E-state index in [9.17, 15) is 13.6 Å². The number of aromatic nitrogens is 2. The highest BCUT2D eigenvalue weighted by molar-refractivity contribution is 7.21. The van der Waals surface area contributed by atoms with Crippen LogP contribution < -0.4 is 15.4 Å². The van der Waals surface area contributed by atoms with Crippen LogP contribution >= 0.6 is 22.7 Å². The SMILES string of the molecule is Cc1ccc2nc(-c3ccc(NC(=O)c4csc(Nc5ccc(OC(F)F)cc5)n4)cc3)sc2c1. The zero-order valence-corrected chi connectivity index (χ0v) is 19.9. The lowest BCUT2D eigenvalue weighted by molar-refractivity contribution is -0.0498. The maximum absolute atomic E-state index is 12.6. The number of ether oxygens (including phenoxy) is 1. The summed E-state index contributed by atoms with van der Waals surface area (Å²) in [5.74, 6) is -0.271. The molecule has 35 heavy (non-hydrogen) atoms. The summed E-state index contributed by atoms with van der Waals surface area (Å²) < 4.78 is 30.0. The molecule has 0 bridgehead atoms. The van der Waals surface area contributed by atoms with E-state index in [1.807, 2.05) is 36.4 Å². The third-order valence-electron chi connectivity index (χ3n) is 5.00. The number of carbonyl (C=O) groups excluding carboxylic acids is 1. The van der Waals surface area contributed by atoms with Crippen molar-refractivity contribution in [1.82, 2.24) is 9.97 Å². The molecule has 0 saturated heterocycles. The number of fused-ring (bicyclic) bond motifs is 1. The molecule has 5 aromatic rings. The van der Waals surface area contributed by atoms with Crippen LogP contribution in [0.4, 0.5) is 25.3 Å². The molecule has 0 unspecified atom stereocenters. The van der Waals surface area contributed by atoms with Crippen LogP contribution in [0.3, 0.4) is 0 Å². The molecule has 2 N–H and O–H groups in total. The van der Waals surface area contributed by atoms with Crippen LogP contribution in [0.5, 0.6) is 5.75 Å². The van der Waals surface area contributed by atoms with Gasteiger partial charge in [-0.15, -0.1) is 22.7 Å². The predicted molar refractivity (Wildman–Crippen MR) is 136 cm³/mol. The van der Waals surface area contributed by atoms with E-state index in [2.05, 4.69) is 33.3 Å². The Morgan fingerprint density at radius 2 is 1.71 bits per heavy atom. The summed E-state index contributed by atoms with van der Waals surface area (Å²) in [4.78, 5) is 21.6. The molecular weight excluding hydrogens is 490 g/mol. The molecule has 2 heterocycles. The van der Waals surface area contributed by atoms with Crippen molar-refractivity contribution in [3.05, 3.63) is 83.4 Å². The highest BCUT2D eigenvalue weighted by Gasteiger charge is 2.13. The van der Waals surface area contributed by atoms with Gasteiger partial charge in [-0.05, 0) is 73.2 Å². The minimum Gasteiger partial charge on any atom is -0.435 e. The number of hydrogen-bond donors (Lipinski definition) is 2. The van der Waals surface area contributed by atoms with E-state index in [1.54, 1.807) is 28.8 Å². The number of nitrogens with zero attached hydrogens (tertiary/aromatic N) is 2. The largest absolute Gasteiger partial charge is 0.435 e. The molecule has 0 radical (unpaired) electrons. The van der Waals surface area contributed by atoms with Gasteiger partial charge in [-0.2, -0.15) is 8.78 Å². The summed E-state index contributed by atoms with van der Waals surface area (Å²) in [5, 5.41) is 8.95. The van der Waals surface area contributed by atoms with Crippen molar-refractivity contribution in [3.8, 4) is 16.3 Å². The smallest absolute Gasteiger partial charge is 0.387 e. The topological polar surface area (TPSA) is 76.1 Å². The second-order valence-electron chi connectivity index (χ2n) is 7.59. The number of thiazole rings is 2. The molecule has 0 atom stereocenters. The fraction of sp³-hybridized carbons (Fsp3) is 0.0800. The van der Waals surface area contributed by atoms with Crippen LogP contribution in [-0.4, -0.2) is 22.5 Å². The van der Waals surface area contributed by atoms with Crippen LogP contribution in [0.25, 0.3) is 20.8 Å². The Labute approximate surface area is 207 Å². The zero-order valence-electron chi connectivity index (χ0n) is 18.3. The summed E-state index contributed by atoms with van der Waals surface area (Å²) in [6.07, 6.45) is 0. The van der Waals surface area contributed by atoms with Crippen molar-refractivity contribution >= 4 is 55.3 Å². The van der Waals surface area contributed by atoms with E-state index < -0.39 is 6.61 Å². The fourth-order valence-electron chi connectivity index (χ4n) is 3.33. The number of hydrogen-bond acceptors (Lipinski definition) is 7. The monoisotopic (exact) mass is 508 g/mol. The van der Waals surface area contributed by atoms with Gasteiger partial charge in [0.1, 0.15) is 16.5 Å². The molecule has 0 aliphatic heterocycles. The Hall–Kier alpha value is -3.89. The van der Waals surface area contributed by atoms with Crippen molar-refractivity contribution in [2.75, 3.05) is 10.6 Å². The summed E-state index contributed by atoms with van der Waals surface area (Å²) in [7, 11) is 0. The van der Waals surface area contributed by atoms with Gasteiger partial charge in [0.2, 0.25) is 0 Å². The molecule has 0 spiro atoms. The number of anilines is 3. The molecule has 0 aliphatic carbocycles. The Morgan fingerprint density at radius 1 is 0.971 bits per heavy atom. The van der Waals surface area contributed by atoms with Crippen molar-refractivity contribution in [2.45, 2.75) is 13.5 Å². The average molecular weight is 509 g/mol. The quantitative estimate of drug-likeness (QED) is 0.241. The van der Waals surface area contributed by atoms with Gasteiger partial charge in [0, 0.05) is 22.3 Å². The summed E-state index contributed by atoms with van der Waals surface area (Å²) >= 11 is 2.89. The van der Waals surface area contributed by atoms with Crippen LogP contribution in [0.15, 0.2) is 72.1 Å². The molecular formula is C25H18F2N4O2S2. The molecule has 3 aromatic carbocycles. The number of carbonyl (C=O) groups is 1. The van der Waals surface area contributed by atoms with Crippen molar-refractivity contribution in [3.63, 3.8) is 0 Å². The van der Waals surface area contributed by atoms with E-state index >= 15 is 0 Å². The third-order valence-corrected chi connectivity index (χ3v) is 6.83. The van der Waals surface area contributed by atoms with E-state index in [0.29, 0.717) is 16.5 Å². The van der Waals surface area contributed by atoms with Crippen molar-refractivity contribution < 1.29 is 18.3 Å². The molecule has 1 amide bonds. The average Bonchev–Trinajstić information content (AvgIpc) is 3.47. The van der Waals surface area contributed by atoms with Crippen LogP contribution in [0.1, 0.15) is 16.1 Å². The molecule has 2 aromatic heterocycles. The van der Waals surface area contributed by atoms with Gasteiger partial charge in [-0.3, -0.25) is 4.79 Å².